The third-order valence-electron chi connectivity index (χ3n) is 1.98. The Morgan fingerprint density at radius 2 is 1.64 bits per heavy atom. The third kappa shape index (κ3) is 18.6. The fourth-order valence-corrected chi connectivity index (χ4v) is 1.14. The molecule has 2 atom stereocenters. The van der Waals surface area contributed by atoms with Crippen molar-refractivity contribution in [2.75, 3.05) is 20.3 Å². The molecule has 0 spiro atoms. The van der Waals surface area contributed by atoms with Crippen LogP contribution in [0.5, 0.6) is 0 Å². The normalized spacial score (nSPS) is 12.6. The zero-order chi connectivity index (χ0) is 18.2. The van der Waals surface area contributed by atoms with Crippen LogP contribution in [0.15, 0.2) is 0 Å². The predicted octanol–water partition coefficient (Wildman–Crippen LogP) is -0.239. The molecule has 0 aromatic rings. The molecule has 8 nitrogen and oxygen atoms in total. The quantitative estimate of drug-likeness (QED) is 0.248. The summed E-state index contributed by atoms with van der Waals surface area (Å²) < 4.78 is 4.93. The number of aliphatic hydroxyl groups excluding tert-OH is 3. The number of carbonyl (C=O) groups excluding carboxylic acids is 1. The minimum Gasteiger partial charge on any atom is -0.442 e. The van der Waals surface area contributed by atoms with Crippen molar-refractivity contribution < 1.29 is 29.7 Å². The molecule has 0 aliphatic heterocycles. The lowest BCUT2D eigenvalue weighted by molar-refractivity contribution is -0.0355. The number of nitrogens with one attached hydrogen (secondary N) is 1. The molecule has 1 amide bonds. The van der Waals surface area contributed by atoms with Crippen molar-refractivity contribution in [3.63, 3.8) is 0 Å². The number of hydrogen-bond donors (Lipinski definition) is 5. The maximum absolute atomic E-state index is 11.2. The molecule has 6 N–H and O–H groups in total. The van der Waals surface area contributed by atoms with Crippen LogP contribution >= 0.6 is 0 Å². The average molecular weight is 322 g/mol. The molecule has 8 heteroatoms. The summed E-state index contributed by atoms with van der Waals surface area (Å²) in [4.78, 5) is 16.0. The maximum atomic E-state index is 11.2. The standard InChI is InChI=1S/C11H24N2O5.C2H2.CH4O/c1-11(2,3)18-10(16)13-17-7-5-9(15)8(14)4-6-12;2*1-2/h8-9,14-15H,4-7,12H2,1-3H3,(H,13,16);1-2H;2H,1H3. The number of aliphatic hydroxyl groups is 3. The third-order valence-corrected chi connectivity index (χ3v) is 1.98. The summed E-state index contributed by atoms with van der Waals surface area (Å²) in [5.74, 6) is 0. The maximum Gasteiger partial charge on any atom is 0.431 e. The van der Waals surface area contributed by atoms with Crippen LogP contribution in [0.25, 0.3) is 0 Å². The van der Waals surface area contributed by atoms with Crippen LogP contribution in [0.1, 0.15) is 33.6 Å². The van der Waals surface area contributed by atoms with E-state index in [1.165, 1.54) is 0 Å². The first-order chi connectivity index (χ1) is 10.3. The number of hydroxylamine groups is 1. The van der Waals surface area contributed by atoms with Crippen molar-refractivity contribution in [2.45, 2.75) is 51.4 Å². The topological polar surface area (TPSA) is 134 Å². The summed E-state index contributed by atoms with van der Waals surface area (Å²) in [5, 5.41) is 25.9. The average Bonchev–Trinajstić information content (AvgIpc) is 2.46. The molecule has 0 saturated heterocycles. The van der Waals surface area contributed by atoms with E-state index in [0.29, 0.717) is 13.0 Å². The van der Waals surface area contributed by atoms with Gasteiger partial charge in [-0.1, -0.05) is 0 Å². The molecule has 22 heavy (non-hydrogen) atoms. The van der Waals surface area contributed by atoms with Gasteiger partial charge in [0.1, 0.15) is 5.60 Å². The van der Waals surface area contributed by atoms with Gasteiger partial charge in [-0.15, -0.1) is 12.8 Å². The van der Waals surface area contributed by atoms with E-state index >= 15 is 0 Å². The van der Waals surface area contributed by atoms with Crippen LogP contribution in [0.3, 0.4) is 0 Å². The van der Waals surface area contributed by atoms with Crippen molar-refractivity contribution >= 4 is 6.09 Å². The van der Waals surface area contributed by atoms with E-state index in [4.69, 9.17) is 20.4 Å². The first-order valence-electron chi connectivity index (χ1n) is 6.71. The Labute approximate surface area is 132 Å². The summed E-state index contributed by atoms with van der Waals surface area (Å²) >= 11 is 0. The van der Waals surface area contributed by atoms with E-state index in [-0.39, 0.29) is 13.0 Å². The number of nitrogens with two attached hydrogens (primary N) is 1. The lowest BCUT2D eigenvalue weighted by Crippen LogP contribution is -2.34. The van der Waals surface area contributed by atoms with Gasteiger partial charge in [0.05, 0.1) is 18.8 Å². The number of terminal acetylenes is 1. The van der Waals surface area contributed by atoms with Crippen molar-refractivity contribution in [3.05, 3.63) is 0 Å². The van der Waals surface area contributed by atoms with Gasteiger partial charge in [-0.2, -0.15) is 5.48 Å². The van der Waals surface area contributed by atoms with Crippen LogP contribution in [0.2, 0.25) is 0 Å². The monoisotopic (exact) mass is 322 g/mol. The Balaban J connectivity index is -0.000000826. The molecule has 0 aromatic heterocycles. The van der Waals surface area contributed by atoms with Gasteiger partial charge >= 0.3 is 6.09 Å². The molecule has 0 rings (SSSR count). The van der Waals surface area contributed by atoms with Crippen molar-refractivity contribution in [2.24, 2.45) is 5.73 Å². The zero-order valence-electron chi connectivity index (χ0n) is 13.8. The SMILES string of the molecule is C#C.CC(C)(C)OC(=O)NOCCC(O)C(O)CCN.CO. The highest BCUT2D eigenvalue weighted by atomic mass is 16.7. The van der Waals surface area contributed by atoms with Gasteiger partial charge in [0, 0.05) is 13.5 Å². The second-order valence-corrected chi connectivity index (χ2v) is 4.95. The van der Waals surface area contributed by atoms with Crippen LogP contribution in [-0.4, -0.2) is 59.5 Å². The van der Waals surface area contributed by atoms with E-state index in [2.05, 4.69) is 18.3 Å². The van der Waals surface area contributed by atoms with Gasteiger partial charge in [-0.05, 0) is 33.7 Å². The molecule has 0 heterocycles. The van der Waals surface area contributed by atoms with Crippen LogP contribution < -0.4 is 11.2 Å². The van der Waals surface area contributed by atoms with Gasteiger partial charge < -0.3 is 25.8 Å². The van der Waals surface area contributed by atoms with Gasteiger partial charge in [-0.3, -0.25) is 4.84 Å². The van der Waals surface area contributed by atoms with Crippen molar-refractivity contribution in [1.29, 1.82) is 0 Å². The minimum atomic E-state index is -0.922. The number of carbonyl (C=O) groups is 1. The fourth-order valence-electron chi connectivity index (χ4n) is 1.14. The Bertz CT molecular complexity index is 278. The molecule has 0 fully saturated rings. The molecular formula is C14H30N2O6. The molecule has 0 radical (unpaired) electrons. The molecule has 0 aromatic carbocycles. The lowest BCUT2D eigenvalue weighted by atomic mass is 10.1. The molecule has 0 aliphatic rings. The van der Waals surface area contributed by atoms with Gasteiger partial charge in [0.2, 0.25) is 0 Å². The Kier molecular flexibility index (Phi) is 18.6. The second-order valence-electron chi connectivity index (χ2n) is 4.95. The zero-order valence-corrected chi connectivity index (χ0v) is 13.8. The largest absolute Gasteiger partial charge is 0.442 e. The number of ether oxygens (including phenoxy) is 1. The van der Waals surface area contributed by atoms with E-state index in [9.17, 15) is 15.0 Å². The number of amides is 1. The summed E-state index contributed by atoms with van der Waals surface area (Å²) in [5.41, 5.74) is 6.74. The molecule has 0 saturated carbocycles. The van der Waals surface area contributed by atoms with E-state index < -0.39 is 23.9 Å². The van der Waals surface area contributed by atoms with E-state index in [1.54, 1.807) is 20.8 Å². The van der Waals surface area contributed by atoms with Gasteiger partial charge in [0.25, 0.3) is 0 Å². The Morgan fingerprint density at radius 3 is 2.05 bits per heavy atom. The van der Waals surface area contributed by atoms with Crippen molar-refractivity contribution in [3.8, 4) is 12.8 Å². The molecule has 0 bridgehead atoms. The second kappa shape index (κ2) is 16.0. The van der Waals surface area contributed by atoms with Crippen LogP contribution in [-0.2, 0) is 9.57 Å². The van der Waals surface area contributed by atoms with Crippen LogP contribution in [0.4, 0.5) is 4.79 Å². The first kappa shape index (κ1) is 25.6. The lowest BCUT2D eigenvalue weighted by Gasteiger charge is -2.20. The van der Waals surface area contributed by atoms with Gasteiger partial charge in [0.15, 0.2) is 0 Å². The molecule has 2 unspecified atom stereocenters. The Hall–Kier alpha value is -1.37. The minimum absolute atomic E-state index is 0.0715. The fraction of sp³-hybridized carbons (Fsp3) is 0.786. The Morgan fingerprint density at radius 1 is 1.18 bits per heavy atom. The summed E-state index contributed by atoms with van der Waals surface area (Å²) in [6, 6.07) is 0. The highest BCUT2D eigenvalue weighted by Crippen LogP contribution is 2.06. The first-order valence-corrected chi connectivity index (χ1v) is 6.71. The summed E-state index contributed by atoms with van der Waals surface area (Å²) in [6.45, 7) is 5.58. The van der Waals surface area contributed by atoms with E-state index in [0.717, 1.165) is 7.11 Å². The van der Waals surface area contributed by atoms with Crippen molar-refractivity contribution in [1.82, 2.24) is 5.48 Å². The predicted molar refractivity (Wildman–Crippen MR) is 83.7 cm³/mol. The smallest absolute Gasteiger partial charge is 0.431 e. The molecular weight excluding hydrogens is 292 g/mol. The number of rotatable bonds is 7. The molecule has 132 valence electrons. The highest BCUT2D eigenvalue weighted by molar-refractivity contribution is 5.66. The highest BCUT2D eigenvalue weighted by Gasteiger charge is 2.17. The van der Waals surface area contributed by atoms with Crippen LogP contribution in [0, 0.1) is 12.8 Å². The molecule has 0 aliphatic carbocycles. The van der Waals surface area contributed by atoms with E-state index in [1.807, 2.05) is 0 Å². The summed E-state index contributed by atoms with van der Waals surface area (Å²) in [7, 11) is 1.00. The summed E-state index contributed by atoms with van der Waals surface area (Å²) in [6.07, 6.45) is 6.02. The van der Waals surface area contributed by atoms with Gasteiger partial charge in [-0.25, -0.2) is 4.79 Å². The number of hydrogen-bond acceptors (Lipinski definition) is 7.